The van der Waals surface area contributed by atoms with Crippen LogP contribution in [0.25, 0.3) is 0 Å². The van der Waals surface area contributed by atoms with Gasteiger partial charge in [-0.15, -0.1) is 0 Å². The molecule has 0 aromatic carbocycles. The molecule has 0 unspecified atom stereocenters. The zero-order valence-corrected chi connectivity index (χ0v) is 9.17. The van der Waals surface area contributed by atoms with E-state index in [0.29, 0.717) is 12.5 Å². The molecule has 1 amide bonds. The van der Waals surface area contributed by atoms with Crippen molar-refractivity contribution >= 4 is 6.09 Å². The van der Waals surface area contributed by atoms with E-state index < -0.39 is 0 Å². The van der Waals surface area contributed by atoms with Crippen LogP contribution in [0.15, 0.2) is 0 Å². The third-order valence-corrected chi connectivity index (χ3v) is 1.88. The minimum Gasteiger partial charge on any atom is -0.450 e. The molecule has 3 nitrogen and oxygen atoms in total. The molecule has 0 bridgehead atoms. The molecule has 0 aromatic heterocycles. The van der Waals surface area contributed by atoms with Crippen molar-refractivity contribution in [1.82, 2.24) is 4.90 Å². The van der Waals surface area contributed by atoms with E-state index in [1.54, 1.807) is 4.90 Å². The molecule has 0 aliphatic rings. The van der Waals surface area contributed by atoms with Crippen LogP contribution in [0.5, 0.6) is 0 Å². The van der Waals surface area contributed by atoms with Crippen molar-refractivity contribution in [1.29, 1.82) is 0 Å². The molecule has 0 spiro atoms. The second-order valence-corrected chi connectivity index (χ2v) is 3.46. The molecule has 0 rings (SSSR count). The molecule has 0 atom stereocenters. The van der Waals surface area contributed by atoms with Crippen LogP contribution in [0.1, 0.15) is 34.1 Å². The fraction of sp³-hybridized carbons (Fsp3) is 0.900. The number of carbonyl (C=O) groups is 1. The second-order valence-electron chi connectivity index (χ2n) is 3.46. The Morgan fingerprint density at radius 1 is 1.38 bits per heavy atom. The first kappa shape index (κ1) is 12.3. The SMILES string of the molecule is CCOC(=O)N(CC)CCC(C)C. The normalized spacial score (nSPS) is 10.2. The van der Waals surface area contributed by atoms with Crippen molar-refractivity contribution in [2.24, 2.45) is 5.92 Å². The van der Waals surface area contributed by atoms with Gasteiger partial charge in [0.25, 0.3) is 0 Å². The number of hydrogen-bond donors (Lipinski definition) is 0. The number of hydrogen-bond acceptors (Lipinski definition) is 2. The fourth-order valence-electron chi connectivity index (χ4n) is 1.01. The van der Waals surface area contributed by atoms with E-state index in [-0.39, 0.29) is 6.09 Å². The number of nitrogens with zero attached hydrogens (tertiary/aromatic N) is 1. The molecule has 0 aliphatic heterocycles. The summed E-state index contributed by atoms with van der Waals surface area (Å²) in [5.74, 6) is 0.628. The van der Waals surface area contributed by atoms with Gasteiger partial charge >= 0.3 is 6.09 Å². The van der Waals surface area contributed by atoms with Gasteiger partial charge < -0.3 is 9.64 Å². The lowest BCUT2D eigenvalue weighted by atomic mass is 10.1. The molecule has 0 saturated carbocycles. The summed E-state index contributed by atoms with van der Waals surface area (Å²) >= 11 is 0. The van der Waals surface area contributed by atoms with Crippen molar-refractivity contribution in [3.05, 3.63) is 0 Å². The zero-order chi connectivity index (χ0) is 10.3. The maximum atomic E-state index is 11.3. The Hall–Kier alpha value is -0.730. The Balaban J connectivity index is 3.80. The lowest BCUT2D eigenvalue weighted by Gasteiger charge is -2.20. The van der Waals surface area contributed by atoms with E-state index in [4.69, 9.17) is 4.74 Å². The lowest BCUT2D eigenvalue weighted by molar-refractivity contribution is 0.107. The van der Waals surface area contributed by atoms with Crippen LogP contribution in [0.2, 0.25) is 0 Å². The van der Waals surface area contributed by atoms with Crippen molar-refractivity contribution in [3.63, 3.8) is 0 Å². The van der Waals surface area contributed by atoms with E-state index >= 15 is 0 Å². The Morgan fingerprint density at radius 3 is 2.38 bits per heavy atom. The average Bonchev–Trinajstić information content (AvgIpc) is 2.05. The molecule has 0 heterocycles. The van der Waals surface area contributed by atoms with Crippen LogP contribution >= 0.6 is 0 Å². The maximum Gasteiger partial charge on any atom is 0.409 e. The summed E-state index contributed by atoms with van der Waals surface area (Å²) in [4.78, 5) is 13.0. The zero-order valence-electron chi connectivity index (χ0n) is 9.17. The van der Waals surface area contributed by atoms with E-state index in [0.717, 1.165) is 19.5 Å². The molecule has 13 heavy (non-hydrogen) atoms. The van der Waals surface area contributed by atoms with Gasteiger partial charge in [0.2, 0.25) is 0 Å². The van der Waals surface area contributed by atoms with E-state index in [2.05, 4.69) is 13.8 Å². The third kappa shape index (κ3) is 5.50. The number of ether oxygens (including phenoxy) is 1. The van der Waals surface area contributed by atoms with Gasteiger partial charge in [0.1, 0.15) is 0 Å². The maximum absolute atomic E-state index is 11.3. The third-order valence-electron chi connectivity index (χ3n) is 1.88. The van der Waals surface area contributed by atoms with Crippen LogP contribution in [-0.4, -0.2) is 30.7 Å². The summed E-state index contributed by atoms with van der Waals surface area (Å²) in [6.45, 7) is 10.1. The monoisotopic (exact) mass is 187 g/mol. The number of carbonyl (C=O) groups excluding carboxylic acids is 1. The van der Waals surface area contributed by atoms with Crippen LogP contribution in [-0.2, 0) is 4.74 Å². The molecule has 0 radical (unpaired) electrons. The van der Waals surface area contributed by atoms with Gasteiger partial charge in [-0.2, -0.15) is 0 Å². The molecule has 0 fully saturated rings. The van der Waals surface area contributed by atoms with Crippen LogP contribution < -0.4 is 0 Å². The largest absolute Gasteiger partial charge is 0.450 e. The predicted octanol–water partition coefficient (Wildman–Crippen LogP) is 2.51. The lowest BCUT2D eigenvalue weighted by Crippen LogP contribution is -2.32. The summed E-state index contributed by atoms with van der Waals surface area (Å²) in [5, 5.41) is 0. The topological polar surface area (TPSA) is 29.5 Å². The number of amides is 1. The van der Waals surface area contributed by atoms with Gasteiger partial charge in [-0.1, -0.05) is 13.8 Å². The minimum absolute atomic E-state index is 0.189. The second kappa shape index (κ2) is 6.75. The Bertz CT molecular complexity index is 146. The smallest absolute Gasteiger partial charge is 0.409 e. The van der Waals surface area contributed by atoms with Gasteiger partial charge in [0, 0.05) is 13.1 Å². The predicted molar refractivity (Wildman–Crippen MR) is 53.7 cm³/mol. The highest BCUT2D eigenvalue weighted by atomic mass is 16.6. The van der Waals surface area contributed by atoms with Crippen LogP contribution in [0.3, 0.4) is 0 Å². The molecular weight excluding hydrogens is 166 g/mol. The van der Waals surface area contributed by atoms with E-state index in [9.17, 15) is 4.79 Å². The first-order chi connectivity index (χ1) is 6.11. The molecule has 78 valence electrons. The highest BCUT2D eigenvalue weighted by Gasteiger charge is 2.11. The van der Waals surface area contributed by atoms with Crippen molar-refractivity contribution in [3.8, 4) is 0 Å². The van der Waals surface area contributed by atoms with Gasteiger partial charge in [0.05, 0.1) is 6.61 Å². The molecule has 0 aromatic rings. The number of rotatable bonds is 5. The Morgan fingerprint density at radius 2 is 2.00 bits per heavy atom. The minimum atomic E-state index is -0.189. The van der Waals surface area contributed by atoms with Gasteiger partial charge in [-0.05, 0) is 26.2 Å². The molecule has 0 saturated heterocycles. The standard InChI is InChI=1S/C10H21NO2/c1-5-11(8-7-9(3)4)10(12)13-6-2/h9H,5-8H2,1-4H3. The first-order valence-electron chi connectivity index (χ1n) is 5.03. The van der Waals surface area contributed by atoms with Gasteiger partial charge in [-0.3, -0.25) is 0 Å². The van der Waals surface area contributed by atoms with Crippen molar-refractivity contribution in [2.45, 2.75) is 34.1 Å². The Labute approximate surface area is 81.1 Å². The van der Waals surface area contributed by atoms with Crippen LogP contribution in [0, 0.1) is 5.92 Å². The van der Waals surface area contributed by atoms with Crippen molar-refractivity contribution in [2.75, 3.05) is 19.7 Å². The highest BCUT2D eigenvalue weighted by molar-refractivity contribution is 5.67. The highest BCUT2D eigenvalue weighted by Crippen LogP contribution is 2.03. The molecular formula is C10H21NO2. The van der Waals surface area contributed by atoms with Gasteiger partial charge in [-0.25, -0.2) is 4.79 Å². The quantitative estimate of drug-likeness (QED) is 0.662. The summed E-state index contributed by atoms with van der Waals surface area (Å²) in [5.41, 5.74) is 0. The average molecular weight is 187 g/mol. The van der Waals surface area contributed by atoms with E-state index in [1.807, 2.05) is 13.8 Å². The van der Waals surface area contributed by atoms with Crippen LogP contribution in [0.4, 0.5) is 4.79 Å². The molecule has 0 aliphatic carbocycles. The molecule has 0 N–H and O–H groups in total. The Kier molecular flexibility index (Phi) is 6.37. The van der Waals surface area contributed by atoms with Gasteiger partial charge in [0.15, 0.2) is 0 Å². The summed E-state index contributed by atoms with van der Waals surface area (Å²) < 4.78 is 4.91. The summed E-state index contributed by atoms with van der Waals surface area (Å²) in [6.07, 6.45) is 0.845. The van der Waals surface area contributed by atoms with E-state index in [1.165, 1.54) is 0 Å². The first-order valence-corrected chi connectivity index (χ1v) is 5.03. The summed E-state index contributed by atoms with van der Waals surface area (Å²) in [7, 11) is 0. The summed E-state index contributed by atoms with van der Waals surface area (Å²) in [6, 6.07) is 0. The van der Waals surface area contributed by atoms with Crippen molar-refractivity contribution < 1.29 is 9.53 Å². The fourth-order valence-corrected chi connectivity index (χ4v) is 1.01. The molecule has 3 heteroatoms.